The Balaban J connectivity index is 2.50. The van der Waals surface area contributed by atoms with Gasteiger partial charge in [0.15, 0.2) is 0 Å². The summed E-state index contributed by atoms with van der Waals surface area (Å²) >= 11 is 0. The molecular formula is C8H7N2O3. The van der Waals surface area contributed by atoms with Gasteiger partial charge in [-0.15, -0.1) is 5.32 Å². The minimum atomic E-state index is -1.51. The first-order chi connectivity index (χ1) is 6.18. The third kappa shape index (κ3) is 3.24. The average molecular weight is 179 g/mol. The molecule has 0 spiro atoms. The van der Waals surface area contributed by atoms with Crippen molar-refractivity contribution in [2.24, 2.45) is 0 Å². The smallest absolute Gasteiger partial charge is 0.435 e. The first-order valence-corrected chi connectivity index (χ1v) is 3.49. The second-order valence-electron chi connectivity index (χ2n) is 2.19. The van der Waals surface area contributed by atoms with Crippen molar-refractivity contribution in [2.45, 2.75) is 0 Å². The number of anilines is 1. The Kier molecular flexibility index (Phi) is 2.86. The van der Waals surface area contributed by atoms with Crippen LogP contribution in [-0.4, -0.2) is 17.2 Å². The molecule has 0 unspecified atom stereocenters. The summed E-state index contributed by atoms with van der Waals surface area (Å²) < 4.78 is 0. The number of nitrogens with zero attached hydrogens (tertiary/aromatic N) is 1. The standard InChI is InChI=1S/C8H7N2O3/c11-7(10-8(12)13)9-6-4-2-1-3-5-6/h1-5H,(H,9,11)(H,12,13). The quantitative estimate of drug-likeness (QED) is 0.685. The van der Waals surface area contributed by atoms with Gasteiger partial charge in [-0.25, -0.2) is 9.59 Å². The summed E-state index contributed by atoms with van der Waals surface area (Å²) in [4.78, 5) is 20.7. The highest BCUT2D eigenvalue weighted by atomic mass is 16.4. The van der Waals surface area contributed by atoms with Crippen molar-refractivity contribution in [1.82, 2.24) is 5.32 Å². The zero-order valence-corrected chi connectivity index (χ0v) is 6.60. The van der Waals surface area contributed by atoms with Crippen molar-refractivity contribution in [1.29, 1.82) is 0 Å². The van der Waals surface area contributed by atoms with E-state index in [0.29, 0.717) is 5.69 Å². The number of hydrogen-bond acceptors (Lipinski definition) is 2. The fraction of sp³-hybridized carbons (Fsp3) is 0. The number of imide groups is 1. The lowest BCUT2D eigenvalue weighted by atomic mass is 10.3. The Morgan fingerprint density at radius 3 is 2.38 bits per heavy atom. The van der Waals surface area contributed by atoms with E-state index in [1.807, 2.05) is 0 Å². The summed E-state index contributed by atoms with van der Waals surface area (Å²) in [6.07, 6.45) is -1.51. The molecule has 0 aliphatic rings. The summed E-state index contributed by atoms with van der Waals surface area (Å²) in [5.74, 6) is 0. The fourth-order valence-electron chi connectivity index (χ4n) is 0.760. The van der Waals surface area contributed by atoms with E-state index in [2.05, 4.69) is 10.6 Å². The molecule has 5 heteroatoms. The lowest BCUT2D eigenvalue weighted by Gasteiger charge is -2.00. The summed E-state index contributed by atoms with van der Waals surface area (Å²) in [5.41, 5.74) is 0.512. The number of carboxylic acid groups (broad SMARTS) is 1. The molecule has 13 heavy (non-hydrogen) atoms. The first kappa shape index (κ1) is 9.05. The van der Waals surface area contributed by atoms with E-state index in [9.17, 15) is 9.59 Å². The normalized spacial score (nSPS) is 8.92. The van der Waals surface area contributed by atoms with Crippen LogP contribution in [0.5, 0.6) is 0 Å². The maximum absolute atomic E-state index is 10.8. The monoisotopic (exact) mass is 179 g/mol. The molecule has 0 aromatic heterocycles. The number of urea groups is 1. The van der Waals surface area contributed by atoms with E-state index >= 15 is 0 Å². The van der Waals surface area contributed by atoms with Crippen LogP contribution in [0.4, 0.5) is 15.3 Å². The molecule has 1 aromatic rings. The first-order valence-electron chi connectivity index (χ1n) is 3.49. The van der Waals surface area contributed by atoms with Gasteiger partial charge < -0.3 is 10.4 Å². The zero-order chi connectivity index (χ0) is 9.68. The Labute approximate surface area is 74.4 Å². The Morgan fingerprint density at radius 2 is 1.85 bits per heavy atom. The molecule has 67 valence electrons. The van der Waals surface area contributed by atoms with E-state index in [4.69, 9.17) is 5.11 Å². The molecule has 0 fully saturated rings. The van der Waals surface area contributed by atoms with Gasteiger partial charge in [0, 0.05) is 5.69 Å². The Bertz CT molecular complexity index is 310. The molecule has 0 saturated carbocycles. The van der Waals surface area contributed by atoms with E-state index in [1.165, 1.54) is 0 Å². The number of carbonyl (C=O) groups is 2. The Hall–Kier alpha value is -2.04. The van der Waals surface area contributed by atoms with E-state index in [1.54, 1.807) is 30.3 Å². The van der Waals surface area contributed by atoms with Gasteiger partial charge >= 0.3 is 12.1 Å². The number of para-hydroxylation sites is 1. The van der Waals surface area contributed by atoms with Crippen molar-refractivity contribution in [3.63, 3.8) is 0 Å². The molecule has 1 aromatic carbocycles. The van der Waals surface area contributed by atoms with Gasteiger partial charge in [-0.3, -0.25) is 0 Å². The molecule has 0 aliphatic carbocycles. The molecule has 0 atom stereocenters. The van der Waals surface area contributed by atoms with Crippen molar-refractivity contribution in [3.05, 3.63) is 30.3 Å². The van der Waals surface area contributed by atoms with Gasteiger partial charge in [0.2, 0.25) is 0 Å². The van der Waals surface area contributed by atoms with E-state index in [0.717, 1.165) is 0 Å². The van der Waals surface area contributed by atoms with Crippen molar-refractivity contribution in [2.75, 3.05) is 5.32 Å². The topological polar surface area (TPSA) is 80.5 Å². The minimum absolute atomic E-state index is 0.512. The molecule has 2 N–H and O–H groups in total. The minimum Gasteiger partial charge on any atom is -0.463 e. The number of rotatable bonds is 1. The number of carbonyl (C=O) groups excluding carboxylic acids is 1. The van der Waals surface area contributed by atoms with Crippen LogP contribution in [0.25, 0.3) is 0 Å². The molecule has 0 heterocycles. The molecular weight excluding hydrogens is 172 g/mol. The third-order valence-electron chi connectivity index (χ3n) is 1.22. The largest absolute Gasteiger partial charge is 0.463 e. The van der Waals surface area contributed by atoms with Crippen LogP contribution in [0, 0.1) is 0 Å². The van der Waals surface area contributed by atoms with Crippen molar-refractivity contribution in [3.8, 4) is 0 Å². The number of hydrogen-bond donors (Lipinski definition) is 2. The van der Waals surface area contributed by atoms with Gasteiger partial charge in [-0.05, 0) is 12.1 Å². The number of nitrogens with one attached hydrogen (secondary N) is 1. The maximum Gasteiger partial charge on any atom is 0.435 e. The lowest BCUT2D eigenvalue weighted by Crippen LogP contribution is -2.26. The highest BCUT2D eigenvalue weighted by Gasteiger charge is 2.07. The summed E-state index contributed by atoms with van der Waals surface area (Å²) in [6, 6.07) is 7.60. The molecule has 5 nitrogen and oxygen atoms in total. The van der Waals surface area contributed by atoms with Crippen molar-refractivity contribution >= 4 is 17.8 Å². The summed E-state index contributed by atoms with van der Waals surface area (Å²) in [6.45, 7) is 0. The zero-order valence-electron chi connectivity index (χ0n) is 6.60. The predicted molar refractivity (Wildman–Crippen MR) is 45.6 cm³/mol. The van der Waals surface area contributed by atoms with Crippen LogP contribution < -0.4 is 10.6 Å². The third-order valence-corrected chi connectivity index (χ3v) is 1.22. The molecule has 3 amide bonds. The lowest BCUT2D eigenvalue weighted by molar-refractivity contribution is 0.193. The van der Waals surface area contributed by atoms with Crippen LogP contribution >= 0.6 is 0 Å². The van der Waals surface area contributed by atoms with E-state index in [-0.39, 0.29) is 0 Å². The van der Waals surface area contributed by atoms with Gasteiger partial charge in [-0.1, -0.05) is 18.2 Å². The summed E-state index contributed by atoms with van der Waals surface area (Å²) in [7, 11) is 0. The average Bonchev–Trinajstić information content (AvgIpc) is 2.04. The van der Waals surface area contributed by atoms with E-state index < -0.39 is 12.1 Å². The number of benzene rings is 1. The van der Waals surface area contributed by atoms with Crippen LogP contribution in [0.3, 0.4) is 0 Å². The molecule has 0 bridgehead atoms. The van der Waals surface area contributed by atoms with Crippen LogP contribution in [0.2, 0.25) is 0 Å². The second kappa shape index (κ2) is 4.10. The Morgan fingerprint density at radius 1 is 1.23 bits per heavy atom. The highest BCUT2D eigenvalue weighted by molar-refractivity contribution is 5.97. The van der Waals surface area contributed by atoms with Gasteiger partial charge in [-0.2, -0.15) is 0 Å². The number of amides is 3. The van der Waals surface area contributed by atoms with Crippen LogP contribution in [0.1, 0.15) is 0 Å². The molecule has 1 rings (SSSR count). The van der Waals surface area contributed by atoms with Crippen molar-refractivity contribution < 1.29 is 14.7 Å². The van der Waals surface area contributed by atoms with Gasteiger partial charge in [0.05, 0.1) is 0 Å². The highest BCUT2D eigenvalue weighted by Crippen LogP contribution is 2.04. The summed E-state index contributed by atoms with van der Waals surface area (Å²) in [5, 5.41) is 13.2. The van der Waals surface area contributed by atoms with Crippen LogP contribution in [0.15, 0.2) is 30.3 Å². The van der Waals surface area contributed by atoms with Crippen LogP contribution in [-0.2, 0) is 0 Å². The molecule has 0 aliphatic heterocycles. The molecule has 1 radical (unpaired) electrons. The fourth-order valence-corrected chi connectivity index (χ4v) is 0.760. The van der Waals surface area contributed by atoms with Gasteiger partial charge in [0.25, 0.3) is 0 Å². The molecule has 0 saturated heterocycles. The SMILES string of the molecule is O=C(O)[N]C(=O)Nc1ccccc1. The second-order valence-corrected chi connectivity index (χ2v) is 2.19. The van der Waals surface area contributed by atoms with Gasteiger partial charge in [0.1, 0.15) is 0 Å². The maximum atomic E-state index is 10.8. The predicted octanol–water partition coefficient (Wildman–Crippen LogP) is 1.50.